The smallest absolute Gasteiger partial charge is 0.0443 e. The monoisotopic (exact) mass is 268 g/mol. The highest BCUT2D eigenvalue weighted by atomic mass is 14.1. The van der Waals surface area contributed by atoms with Crippen molar-refractivity contribution in [2.24, 2.45) is 17.8 Å². The fraction of sp³-hybridized carbons (Fsp3) is 1.00. The predicted molar refractivity (Wildman–Crippen MR) is 89.6 cm³/mol. The molecule has 0 aliphatic heterocycles. The SMILES string of the molecule is CCC(C)CCCC(C)CCCCCCCC(C)C. The van der Waals surface area contributed by atoms with Gasteiger partial charge in [0.1, 0.15) is 0 Å². The molecule has 0 amide bonds. The maximum absolute atomic E-state index is 2.45. The van der Waals surface area contributed by atoms with E-state index in [0.29, 0.717) is 0 Å². The molecule has 0 saturated carbocycles. The van der Waals surface area contributed by atoms with Gasteiger partial charge in [-0.05, 0) is 17.8 Å². The largest absolute Gasteiger partial charge is 0.0651 e. The number of hydrogen-bond donors (Lipinski definition) is 0. The van der Waals surface area contributed by atoms with Crippen molar-refractivity contribution >= 4 is 0 Å². The summed E-state index contributed by atoms with van der Waals surface area (Å²) < 4.78 is 0. The summed E-state index contributed by atoms with van der Waals surface area (Å²) in [5.41, 5.74) is 0. The Morgan fingerprint density at radius 3 is 1.58 bits per heavy atom. The molecule has 116 valence electrons. The molecule has 0 saturated heterocycles. The Balaban J connectivity index is 3.22. The van der Waals surface area contributed by atoms with E-state index < -0.39 is 0 Å². The maximum Gasteiger partial charge on any atom is -0.0443 e. The third kappa shape index (κ3) is 14.2. The van der Waals surface area contributed by atoms with Crippen molar-refractivity contribution in [3.8, 4) is 0 Å². The van der Waals surface area contributed by atoms with Gasteiger partial charge in [0.2, 0.25) is 0 Å². The maximum atomic E-state index is 2.45. The van der Waals surface area contributed by atoms with Gasteiger partial charge < -0.3 is 0 Å². The molecule has 0 aliphatic carbocycles. The third-order valence-electron chi connectivity index (χ3n) is 4.57. The van der Waals surface area contributed by atoms with Crippen LogP contribution < -0.4 is 0 Å². The molecule has 0 heteroatoms. The zero-order valence-corrected chi connectivity index (χ0v) is 14.5. The van der Waals surface area contributed by atoms with E-state index in [2.05, 4.69) is 34.6 Å². The molecule has 0 rings (SSSR count). The van der Waals surface area contributed by atoms with Gasteiger partial charge in [-0.3, -0.25) is 0 Å². The Hall–Kier alpha value is 0. The molecule has 0 aromatic rings. The van der Waals surface area contributed by atoms with E-state index in [9.17, 15) is 0 Å². The molecule has 0 aromatic heterocycles. The summed E-state index contributed by atoms with van der Waals surface area (Å²) in [6, 6.07) is 0. The number of rotatable bonds is 13. The van der Waals surface area contributed by atoms with E-state index in [0.717, 1.165) is 17.8 Å². The Labute approximate surface area is 123 Å². The van der Waals surface area contributed by atoms with Gasteiger partial charge in [-0.15, -0.1) is 0 Å². The molecule has 2 atom stereocenters. The topological polar surface area (TPSA) is 0 Å². The van der Waals surface area contributed by atoms with Crippen molar-refractivity contribution in [3.63, 3.8) is 0 Å². The molecule has 0 aliphatic rings. The van der Waals surface area contributed by atoms with Crippen LogP contribution in [0.4, 0.5) is 0 Å². The Bertz CT molecular complexity index is 171. The second-order valence-corrected chi connectivity index (χ2v) is 7.29. The molecule has 0 nitrogen and oxygen atoms in total. The quantitative estimate of drug-likeness (QED) is 0.309. The fourth-order valence-electron chi connectivity index (χ4n) is 2.74. The minimum absolute atomic E-state index is 0.894. The first kappa shape index (κ1) is 19.0. The first-order chi connectivity index (χ1) is 9.06. The lowest BCUT2D eigenvalue weighted by molar-refractivity contribution is 0.404. The Morgan fingerprint density at radius 2 is 1.00 bits per heavy atom. The van der Waals surface area contributed by atoms with Crippen molar-refractivity contribution < 1.29 is 0 Å². The molecule has 0 N–H and O–H groups in total. The van der Waals surface area contributed by atoms with Gasteiger partial charge in [0.25, 0.3) is 0 Å². The lowest BCUT2D eigenvalue weighted by Crippen LogP contribution is -1.98. The molecular weight excluding hydrogens is 228 g/mol. The zero-order chi connectivity index (χ0) is 14.5. The van der Waals surface area contributed by atoms with Crippen LogP contribution in [0.25, 0.3) is 0 Å². The highest BCUT2D eigenvalue weighted by Crippen LogP contribution is 2.20. The first-order valence-electron chi connectivity index (χ1n) is 9.06. The summed E-state index contributed by atoms with van der Waals surface area (Å²) in [7, 11) is 0. The van der Waals surface area contributed by atoms with Gasteiger partial charge in [0, 0.05) is 0 Å². The van der Waals surface area contributed by atoms with Crippen LogP contribution in [-0.4, -0.2) is 0 Å². The highest BCUT2D eigenvalue weighted by molar-refractivity contribution is 4.57. The predicted octanol–water partition coefficient (Wildman–Crippen LogP) is 7.23. The van der Waals surface area contributed by atoms with Crippen LogP contribution in [0.5, 0.6) is 0 Å². The van der Waals surface area contributed by atoms with Crippen molar-refractivity contribution in [2.45, 2.75) is 105 Å². The van der Waals surface area contributed by atoms with E-state index in [1.807, 2.05) is 0 Å². The molecular formula is C19H40. The fourth-order valence-corrected chi connectivity index (χ4v) is 2.74. The average Bonchev–Trinajstić information content (AvgIpc) is 2.37. The summed E-state index contributed by atoms with van der Waals surface area (Å²) >= 11 is 0. The molecule has 0 fully saturated rings. The van der Waals surface area contributed by atoms with Crippen LogP contribution in [-0.2, 0) is 0 Å². The minimum Gasteiger partial charge on any atom is -0.0651 e. The summed E-state index contributed by atoms with van der Waals surface area (Å²) in [5.74, 6) is 2.79. The minimum atomic E-state index is 0.894. The van der Waals surface area contributed by atoms with Gasteiger partial charge >= 0.3 is 0 Å². The molecule has 0 radical (unpaired) electrons. The van der Waals surface area contributed by atoms with Gasteiger partial charge in [0.05, 0.1) is 0 Å². The molecule has 2 unspecified atom stereocenters. The first-order valence-corrected chi connectivity index (χ1v) is 9.06. The molecule has 0 bridgehead atoms. The van der Waals surface area contributed by atoms with E-state index in [1.165, 1.54) is 70.6 Å². The zero-order valence-electron chi connectivity index (χ0n) is 14.5. The third-order valence-corrected chi connectivity index (χ3v) is 4.57. The van der Waals surface area contributed by atoms with Gasteiger partial charge in [-0.2, -0.15) is 0 Å². The average molecular weight is 269 g/mol. The Kier molecular flexibility index (Phi) is 13.0. The highest BCUT2D eigenvalue weighted by Gasteiger charge is 2.04. The van der Waals surface area contributed by atoms with Crippen LogP contribution in [0, 0.1) is 17.8 Å². The lowest BCUT2D eigenvalue weighted by Gasteiger charge is -2.13. The normalized spacial score (nSPS) is 14.8. The van der Waals surface area contributed by atoms with Crippen LogP contribution >= 0.6 is 0 Å². The number of hydrogen-bond acceptors (Lipinski definition) is 0. The summed E-state index contributed by atoms with van der Waals surface area (Å²) in [6.45, 7) is 11.8. The molecule has 19 heavy (non-hydrogen) atoms. The van der Waals surface area contributed by atoms with Crippen LogP contribution in [0.1, 0.15) is 105 Å². The molecule has 0 spiro atoms. The van der Waals surface area contributed by atoms with Gasteiger partial charge in [-0.25, -0.2) is 0 Å². The second-order valence-electron chi connectivity index (χ2n) is 7.29. The lowest BCUT2D eigenvalue weighted by atomic mass is 9.93. The van der Waals surface area contributed by atoms with Crippen molar-refractivity contribution in [3.05, 3.63) is 0 Å². The standard InChI is InChI=1S/C19H40/c1-6-18(4)15-12-16-19(5)14-11-9-7-8-10-13-17(2)3/h17-19H,6-16H2,1-5H3. The van der Waals surface area contributed by atoms with Gasteiger partial charge in [-0.1, -0.05) is 105 Å². The van der Waals surface area contributed by atoms with Crippen LogP contribution in [0.15, 0.2) is 0 Å². The van der Waals surface area contributed by atoms with Crippen LogP contribution in [0.3, 0.4) is 0 Å². The molecule has 0 aromatic carbocycles. The summed E-state index contributed by atoms with van der Waals surface area (Å²) in [5, 5.41) is 0. The summed E-state index contributed by atoms with van der Waals surface area (Å²) in [6.07, 6.45) is 15.9. The second kappa shape index (κ2) is 13.0. The number of unbranched alkanes of at least 4 members (excludes halogenated alkanes) is 4. The van der Waals surface area contributed by atoms with E-state index in [1.54, 1.807) is 0 Å². The summed E-state index contributed by atoms with van der Waals surface area (Å²) in [4.78, 5) is 0. The van der Waals surface area contributed by atoms with E-state index in [4.69, 9.17) is 0 Å². The van der Waals surface area contributed by atoms with E-state index in [-0.39, 0.29) is 0 Å². The van der Waals surface area contributed by atoms with Crippen molar-refractivity contribution in [2.75, 3.05) is 0 Å². The molecule has 0 heterocycles. The van der Waals surface area contributed by atoms with Gasteiger partial charge in [0.15, 0.2) is 0 Å². The Morgan fingerprint density at radius 1 is 0.526 bits per heavy atom. The van der Waals surface area contributed by atoms with Crippen molar-refractivity contribution in [1.29, 1.82) is 0 Å². The van der Waals surface area contributed by atoms with Crippen LogP contribution in [0.2, 0.25) is 0 Å². The van der Waals surface area contributed by atoms with Crippen molar-refractivity contribution in [1.82, 2.24) is 0 Å². The van der Waals surface area contributed by atoms with E-state index >= 15 is 0 Å².